The molecule has 164 valence electrons. The summed E-state index contributed by atoms with van der Waals surface area (Å²) in [6, 6.07) is 14.5. The molecule has 0 aliphatic heterocycles. The number of nitrogens with zero attached hydrogens (tertiary/aromatic N) is 1. The van der Waals surface area contributed by atoms with E-state index in [1.807, 2.05) is 55.5 Å². The minimum atomic E-state index is -0.534. The summed E-state index contributed by atoms with van der Waals surface area (Å²) in [7, 11) is 0. The van der Waals surface area contributed by atoms with Crippen LogP contribution in [0.5, 0.6) is 11.5 Å². The first-order valence-electron chi connectivity index (χ1n) is 10.1. The molecule has 0 bridgehead atoms. The van der Waals surface area contributed by atoms with Crippen LogP contribution in [0.15, 0.2) is 57.8 Å². The molecule has 0 spiro atoms. The molecule has 1 atom stereocenters. The quantitative estimate of drug-likeness (QED) is 0.426. The second-order valence-corrected chi connectivity index (χ2v) is 8.02. The highest BCUT2D eigenvalue weighted by Crippen LogP contribution is 2.26. The summed E-state index contributed by atoms with van der Waals surface area (Å²) in [6.45, 7) is 5.22. The van der Waals surface area contributed by atoms with Crippen molar-refractivity contribution < 1.29 is 14.3 Å². The van der Waals surface area contributed by atoms with Crippen molar-refractivity contribution in [2.75, 3.05) is 13.2 Å². The summed E-state index contributed by atoms with van der Waals surface area (Å²) in [4.78, 5) is 24.5. The number of aromatic nitrogens is 1. The standard InChI is InChI=1S/C23H26BrN3O4/c1-3-30-11-10-27-21-13-20(31-19-8-5-18(24)6-9-19)7-4-16(21)12-17(23(27)29)14-26-15(2)22(25)28/h4-9,12-13,15,26H,3,10-11,14H2,1-2H3,(H2,25,28)/t15-/m0/s1. The van der Waals surface area contributed by atoms with Crippen molar-refractivity contribution >= 4 is 32.7 Å². The average Bonchev–Trinajstić information content (AvgIpc) is 2.75. The lowest BCUT2D eigenvalue weighted by Crippen LogP contribution is -2.39. The molecular weight excluding hydrogens is 462 g/mol. The minimum Gasteiger partial charge on any atom is -0.457 e. The molecule has 0 aliphatic rings. The Kier molecular flexibility index (Phi) is 7.84. The summed E-state index contributed by atoms with van der Waals surface area (Å²) >= 11 is 3.41. The van der Waals surface area contributed by atoms with Crippen LogP contribution in [0.3, 0.4) is 0 Å². The maximum Gasteiger partial charge on any atom is 0.255 e. The molecule has 0 unspecified atom stereocenters. The fourth-order valence-electron chi connectivity index (χ4n) is 3.13. The van der Waals surface area contributed by atoms with Gasteiger partial charge >= 0.3 is 0 Å². The van der Waals surface area contributed by atoms with Gasteiger partial charge in [0, 0.05) is 35.8 Å². The van der Waals surface area contributed by atoms with Gasteiger partial charge in [-0.25, -0.2) is 0 Å². The number of nitrogens with two attached hydrogens (primary N) is 1. The van der Waals surface area contributed by atoms with Gasteiger partial charge in [0.25, 0.3) is 5.56 Å². The number of fused-ring (bicyclic) bond motifs is 1. The maximum absolute atomic E-state index is 13.2. The molecule has 8 heteroatoms. The first-order valence-corrected chi connectivity index (χ1v) is 10.9. The van der Waals surface area contributed by atoms with Gasteiger partial charge in [-0.15, -0.1) is 0 Å². The predicted molar refractivity (Wildman–Crippen MR) is 124 cm³/mol. The van der Waals surface area contributed by atoms with Crippen LogP contribution in [0, 0.1) is 0 Å². The van der Waals surface area contributed by atoms with Crippen LogP contribution in [0.25, 0.3) is 10.9 Å². The lowest BCUT2D eigenvalue weighted by molar-refractivity contribution is -0.119. The van der Waals surface area contributed by atoms with Crippen LogP contribution >= 0.6 is 15.9 Å². The van der Waals surface area contributed by atoms with Gasteiger partial charge in [0.05, 0.1) is 18.2 Å². The number of hydrogen-bond acceptors (Lipinski definition) is 5. The van der Waals surface area contributed by atoms with E-state index >= 15 is 0 Å². The van der Waals surface area contributed by atoms with E-state index in [0.717, 1.165) is 15.4 Å². The average molecular weight is 488 g/mol. The molecule has 0 fully saturated rings. The predicted octanol–water partition coefficient (Wildman–Crippen LogP) is 3.56. The van der Waals surface area contributed by atoms with E-state index < -0.39 is 11.9 Å². The van der Waals surface area contributed by atoms with E-state index in [1.54, 1.807) is 11.5 Å². The fourth-order valence-corrected chi connectivity index (χ4v) is 3.39. The summed E-state index contributed by atoms with van der Waals surface area (Å²) < 4.78 is 14.1. The number of carbonyl (C=O) groups excluding carboxylic acids is 1. The Hall–Kier alpha value is -2.68. The Morgan fingerprint density at radius 1 is 1.16 bits per heavy atom. The number of benzene rings is 2. The smallest absolute Gasteiger partial charge is 0.255 e. The Morgan fingerprint density at radius 3 is 2.55 bits per heavy atom. The van der Waals surface area contributed by atoms with E-state index in [-0.39, 0.29) is 12.1 Å². The minimum absolute atomic E-state index is 0.142. The van der Waals surface area contributed by atoms with Gasteiger partial charge in [-0.2, -0.15) is 0 Å². The van der Waals surface area contributed by atoms with Crippen molar-refractivity contribution in [3.63, 3.8) is 0 Å². The van der Waals surface area contributed by atoms with Gasteiger partial charge in [0.2, 0.25) is 5.91 Å². The van der Waals surface area contributed by atoms with E-state index in [2.05, 4.69) is 21.2 Å². The molecule has 0 radical (unpaired) electrons. The molecule has 0 saturated heterocycles. The third kappa shape index (κ3) is 5.94. The molecule has 3 aromatic rings. The van der Waals surface area contributed by atoms with Crippen molar-refractivity contribution in [2.24, 2.45) is 5.73 Å². The van der Waals surface area contributed by atoms with Crippen LogP contribution < -0.4 is 21.3 Å². The van der Waals surface area contributed by atoms with E-state index in [0.29, 0.717) is 36.8 Å². The Morgan fingerprint density at radius 2 is 1.87 bits per heavy atom. The second-order valence-electron chi connectivity index (χ2n) is 7.10. The number of primary amides is 1. The fraction of sp³-hybridized carbons (Fsp3) is 0.304. The van der Waals surface area contributed by atoms with Crippen molar-refractivity contribution in [1.29, 1.82) is 0 Å². The number of hydrogen-bond donors (Lipinski definition) is 2. The van der Waals surface area contributed by atoms with Crippen molar-refractivity contribution in [2.45, 2.75) is 33.0 Å². The summed E-state index contributed by atoms with van der Waals surface area (Å²) in [5.41, 5.74) is 6.48. The van der Waals surface area contributed by atoms with Gasteiger partial charge in [0.1, 0.15) is 11.5 Å². The van der Waals surface area contributed by atoms with Crippen LogP contribution in [-0.2, 0) is 22.6 Å². The number of nitrogens with one attached hydrogen (secondary N) is 1. The number of amides is 1. The number of ether oxygens (including phenoxy) is 2. The molecule has 31 heavy (non-hydrogen) atoms. The van der Waals surface area contributed by atoms with Crippen molar-refractivity contribution in [1.82, 2.24) is 9.88 Å². The van der Waals surface area contributed by atoms with Gasteiger partial charge < -0.3 is 25.1 Å². The Labute approximate surface area is 189 Å². The van der Waals surface area contributed by atoms with Gasteiger partial charge in [0.15, 0.2) is 0 Å². The van der Waals surface area contributed by atoms with Crippen molar-refractivity contribution in [3.05, 3.63) is 68.9 Å². The van der Waals surface area contributed by atoms with Gasteiger partial charge in [-0.05, 0) is 61.7 Å². The van der Waals surface area contributed by atoms with Crippen molar-refractivity contribution in [3.8, 4) is 11.5 Å². The summed E-state index contributed by atoms with van der Waals surface area (Å²) in [6.07, 6.45) is 0. The first kappa shape index (κ1) is 23.0. The highest BCUT2D eigenvalue weighted by molar-refractivity contribution is 9.10. The third-order valence-electron chi connectivity index (χ3n) is 4.88. The molecule has 7 nitrogen and oxygen atoms in total. The zero-order chi connectivity index (χ0) is 22.4. The first-order chi connectivity index (χ1) is 14.9. The maximum atomic E-state index is 13.2. The normalized spacial score (nSPS) is 12.1. The van der Waals surface area contributed by atoms with Crippen LogP contribution in [0.2, 0.25) is 0 Å². The molecule has 3 N–H and O–H groups in total. The number of halogens is 1. The number of pyridine rings is 1. The third-order valence-corrected chi connectivity index (χ3v) is 5.41. The highest BCUT2D eigenvalue weighted by Gasteiger charge is 2.13. The topological polar surface area (TPSA) is 95.6 Å². The molecular formula is C23H26BrN3O4. The summed E-state index contributed by atoms with van der Waals surface area (Å²) in [5, 5.41) is 3.89. The largest absolute Gasteiger partial charge is 0.457 e. The number of carbonyl (C=O) groups is 1. The van der Waals surface area contributed by atoms with Crippen LogP contribution in [0.1, 0.15) is 19.4 Å². The highest BCUT2D eigenvalue weighted by atomic mass is 79.9. The molecule has 2 aromatic carbocycles. The molecule has 0 saturated carbocycles. The molecule has 3 rings (SSSR count). The zero-order valence-corrected chi connectivity index (χ0v) is 19.1. The number of rotatable bonds is 10. The summed E-state index contributed by atoms with van der Waals surface area (Å²) in [5.74, 6) is 0.867. The van der Waals surface area contributed by atoms with Crippen LogP contribution in [0.4, 0.5) is 0 Å². The lowest BCUT2D eigenvalue weighted by atomic mass is 10.1. The van der Waals surface area contributed by atoms with E-state index in [9.17, 15) is 9.59 Å². The van der Waals surface area contributed by atoms with Crippen LogP contribution in [-0.4, -0.2) is 29.7 Å². The van der Waals surface area contributed by atoms with E-state index in [4.69, 9.17) is 15.2 Å². The van der Waals surface area contributed by atoms with Gasteiger partial charge in [-0.1, -0.05) is 15.9 Å². The zero-order valence-electron chi connectivity index (χ0n) is 17.6. The monoisotopic (exact) mass is 487 g/mol. The molecule has 1 amide bonds. The SMILES string of the molecule is CCOCCn1c(=O)c(CN[C@@H](C)C(N)=O)cc2ccc(Oc3ccc(Br)cc3)cc21. The Balaban J connectivity index is 1.97. The second kappa shape index (κ2) is 10.6. The molecule has 0 aliphatic carbocycles. The van der Waals surface area contributed by atoms with Gasteiger partial charge in [-0.3, -0.25) is 9.59 Å². The lowest BCUT2D eigenvalue weighted by Gasteiger charge is -2.16. The van der Waals surface area contributed by atoms with E-state index in [1.165, 1.54) is 0 Å². The Bertz CT molecular complexity index is 1110. The molecule has 1 aromatic heterocycles. The molecule has 1 heterocycles.